The lowest BCUT2D eigenvalue weighted by molar-refractivity contribution is 0.0748. The lowest BCUT2D eigenvalue weighted by Crippen LogP contribution is -2.50. The van der Waals surface area contributed by atoms with Crippen LogP contribution in [0.3, 0.4) is 0 Å². The first kappa shape index (κ1) is 16.8. The first-order valence-electron chi connectivity index (χ1n) is 6.42. The molecule has 0 radical (unpaired) electrons. The van der Waals surface area contributed by atoms with Gasteiger partial charge in [-0.15, -0.1) is 0 Å². The SMILES string of the molecule is CCS(=O)(=O)C1CSCCN1C(=O)c1ccc(F)cc1Br. The van der Waals surface area contributed by atoms with Gasteiger partial charge in [0.05, 0.1) is 5.56 Å². The van der Waals surface area contributed by atoms with Gasteiger partial charge in [-0.05, 0) is 34.1 Å². The zero-order valence-corrected chi connectivity index (χ0v) is 14.6. The van der Waals surface area contributed by atoms with Crippen molar-refractivity contribution in [2.24, 2.45) is 0 Å². The van der Waals surface area contributed by atoms with E-state index in [-0.39, 0.29) is 17.2 Å². The lowest BCUT2D eigenvalue weighted by Gasteiger charge is -2.34. The molecular weight excluding hydrogens is 381 g/mol. The average Bonchev–Trinajstić information content (AvgIpc) is 2.46. The molecule has 4 nitrogen and oxygen atoms in total. The molecule has 1 unspecified atom stereocenters. The highest BCUT2D eigenvalue weighted by Gasteiger charge is 2.36. The molecule has 1 aromatic rings. The summed E-state index contributed by atoms with van der Waals surface area (Å²) in [6.07, 6.45) is 0. The second-order valence-corrected chi connectivity index (χ2v) is 9.06. The Labute approximate surface area is 136 Å². The van der Waals surface area contributed by atoms with Crippen LogP contribution in [0.5, 0.6) is 0 Å². The first-order chi connectivity index (χ1) is 9.86. The summed E-state index contributed by atoms with van der Waals surface area (Å²) in [5.74, 6) is 0.225. The highest BCUT2D eigenvalue weighted by molar-refractivity contribution is 9.10. The van der Waals surface area contributed by atoms with Crippen molar-refractivity contribution in [3.05, 3.63) is 34.1 Å². The summed E-state index contributed by atoms with van der Waals surface area (Å²) in [6, 6.07) is 3.77. The second kappa shape index (κ2) is 6.66. The normalized spacial score (nSPS) is 19.6. The van der Waals surface area contributed by atoms with E-state index in [1.807, 2.05) is 0 Å². The van der Waals surface area contributed by atoms with E-state index in [0.717, 1.165) is 0 Å². The summed E-state index contributed by atoms with van der Waals surface area (Å²) >= 11 is 4.68. The fraction of sp³-hybridized carbons (Fsp3) is 0.462. The molecule has 1 saturated heterocycles. The summed E-state index contributed by atoms with van der Waals surface area (Å²) in [5, 5.41) is -0.814. The molecule has 0 N–H and O–H groups in total. The number of carbonyl (C=O) groups excluding carboxylic acids is 1. The molecule has 0 bridgehead atoms. The molecule has 1 amide bonds. The molecule has 116 valence electrons. The van der Waals surface area contributed by atoms with Crippen LogP contribution in [0.2, 0.25) is 0 Å². The molecule has 8 heteroatoms. The van der Waals surface area contributed by atoms with Crippen LogP contribution in [0.1, 0.15) is 17.3 Å². The van der Waals surface area contributed by atoms with E-state index in [1.54, 1.807) is 6.92 Å². The van der Waals surface area contributed by atoms with Gasteiger partial charge in [0.1, 0.15) is 11.2 Å². The van der Waals surface area contributed by atoms with E-state index in [2.05, 4.69) is 15.9 Å². The van der Waals surface area contributed by atoms with Gasteiger partial charge in [0.2, 0.25) is 0 Å². The van der Waals surface area contributed by atoms with Crippen molar-refractivity contribution >= 4 is 43.4 Å². The van der Waals surface area contributed by atoms with Crippen LogP contribution in [-0.4, -0.2) is 48.4 Å². The number of sulfone groups is 1. The molecule has 21 heavy (non-hydrogen) atoms. The third kappa shape index (κ3) is 3.60. The highest BCUT2D eigenvalue weighted by Crippen LogP contribution is 2.26. The van der Waals surface area contributed by atoms with Gasteiger partial charge >= 0.3 is 0 Å². The third-order valence-electron chi connectivity index (χ3n) is 3.32. The minimum atomic E-state index is -3.35. The first-order valence-corrected chi connectivity index (χ1v) is 10.1. The predicted octanol–water partition coefficient (Wildman–Crippen LogP) is 2.54. The van der Waals surface area contributed by atoms with Crippen LogP contribution in [-0.2, 0) is 9.84 Å². The summed E-state index contributed by atoms with van der Waals surface area (Å²) in [7, 11) is -3.35. The fourth-order valence-electron chi connectivity index (χ4n) is 2.12. The minimum absolute atomic E-state index is 0.00735. The van der Waals surface area contributed by atoms with E-state index >= 15 is 0 Å². The highest BCUT2D eigenvalue weighted by atomic mass is 79.9. The fourth-order valence-corrected chi connectivity index (χ4v) is 5.61. The Bertz CT molecular complexity index is 651. The smallest absolute Gasteiger partial charge is 0.256 e. The topological polar surface area (TPSA) is 54.5 Å². The van der Waals surface area contributed by atoms with E-state index in [0.29, 0.717) is 22.5 Å². The van der Waals surface area contributed by atoms with E-state index < -0.39 is 21.0 Å². The number of nitrogens with zero attached hydrogens (tertiary/aromatic N) is 1. The molecule has 2 rings (SSSR count). The predicted molar refractivity (Wildman–Crippen MR) is 85.7 cm³/mol. The number of carbonyl (C=O) groups is 1. The van der Waals surface area contributed by atoms with Crippen molar-refractivity contribution in [1.29, 1.82) is 0 Å². The molecular formula is C13H15BrFNO3S2. The molecule has 1 atom stereocenters. The van der Waals surface area contributed by atoms with E-state index in [4.69, 9.17) is 0 Å². The molecule has 0 aromatic heterocycles. The van der Waals surface area contributed by atoms with Crippen molar-refractivity contribution in [2.45, 2.75) is 12.3 Å². The molecule has 1 aliphatic heterocycles. The minimum Gasteiger partial charge on any atom is -0.320 e. The largest absolute Gasteiger partial charge is 0.320 e. The summed E-state index contributed by atoms with van der Waals surface area (Å²) in [4.78, 5) is 14.0. The maximum Gasteiger partial charge on any atom is 0.256 e. The van der Waals surface area contributed by atoms with Crippen LogP contribution in [0.15, 0.2) is 22.7 Å². The third-order valence-corrected chi connectivity index (χ3v) is 7.27. The monoisotopic (exact) mass is 395 g/mol. The Balaban J connectivity index is 2.35. The van der Waals surface area contributed by atoms with Gasteiger partial charge in [0, 0.05) is 28.3 Å². The zero-order valence-electron chi connectivity index (χ0n) is 11.4. The molecule has 1 fully saturated rings. The van der Waals surface area contributed by atoms with E-state index in [9.17, 15) is 17.6 Å². The number of halogens is 2. The number of benzene rings is 1. The Hall–Kier alpha value is -0.600. The lowest BCUT2D eigenvalue weighted by atomic mass is 10.2. The van der Waals surface area contributed by atoms with Gasteiger partial charge in [-0.2, -0.15) is 11.8 Å². The standard InChI is InChI=1S/C13H15BrFNO3S2/c1-2-21(18,19)12-8-20-6-5-16(12)13(17)10-4-3-9(15)7-11(10)14/h3-4,7,12H,2,5-6,8H2,1H3. The number of hydrogen-bond acceptors (Lipinski definition) is 4. The number of rotatable bonds is 3. The maximum atomic E-state index is 13.1. The van der Waals surface area contributed by atoms with Crippen LogP contribution in [0.25, 0.3) is 0 Å². The molecule has 1 heterocycles. The maximum absolute atomic E-state index is 13.1. The Morgan fingerprint density at radius 1 is 1.52 bits per heavy atom. The average molecular weight is 396 g/mol. The van der Waals surface area contributed by atoms with E-state index in [1.165, 1.54) is 34.9 Å². The zero-order chi connectivity index (χ0) is 15.6. The molecule has 1 aromatic carbocycles. The van der Waals surface area contributed by atoms with Gasteiger partial charge in [-0.25, -0.2) is 12.8 Å². The van der Waals surface area contributed by atoms with Gasteiger partial charge in [0.25, 0.3) is 5.91 Å². The Morgan fingerprint density at radius 2 is 2.24 bits per heavy atom. The van der Waals surface area contributed by atoms with Gasteiger partial charge in [0.15, 0.2) is 9.84 Å². The van der Waals surface area contributed by atoms with Crippen molar-refractivity contribution in [2.75, 3.05) is 23.8 Å². The van der Waals surface area contributed by atoms with Gasteiger partial charge in [-0.3, -0.25) is 4.79 Å². The second-order valence-electron chi connectivity index (χ2n) is 4.60. The number of thioether (sulfide) groups is 1. The Morgan fingerprint density at radius 3 is 2.86 bits per heavy atom. The molecule has 0 aliphatic carbocycles. The molecule has 0 spiro atoms. The van der Waals surface area contributed by atoms with Crippen molar-refractivity contribution in [1.82, 2.24) is 4.90 Å². The quantitative estimate of drug-likeness (QED) is 0.788. The van der Waals surface area contributed by atoms with Crippen molar-refractivity contribution < 1.29 is 17.6 Å². The molecule has 0 saturated carbocycles. The number of hydrogen-bond donors (Lipinski definition) is 0. The van der Waals surface area contributed by atoms with Crippen LogP contribution >= 0.6 is 27.7 Å². The summed E-state index contributed by atoms with van der Waals surface area (Å²) in [5.41, 5.74) is 0.277. The summed E-state index contributed by atoms with van der Waals surface area (Å²) in [6.45, 7) is 1.95. The molecule has 1 aliphatic rings. The number of amides is 1. The van der Waals surface area contributed by atoms with Crippen LogP contribution in [0.4, 0.5) is 4.39 Å². The van der Waals surface area contributed by atoms with Crippen molar-refractivity contribution in [3.63, 3.8) is 0 Å². The van der Waals surface area contributed by atoms with Gasteiger partial charge < -0.3 is 4.90 Å². The van der Waals surface area contributed by atoms with Gasteiger partial charge in [-0.1, -0.05) is 6.92 Å². The van der Waals surface area contributed by atoms with Crippen molar-refractivity contribution in [3.8, 4) is 0 Å². The van der Waals surface area contributed by atoms with Crippen LogP contribution < -0.4 is 0 Å². The summed E-state index contributed by atoms with van der Waals surface area (Å²) < 4.78 is 37.8. The van der Waals surface area contributed by atoms with Crippen LogP contribution in [0, 0.1) is 5.82 Å². The Kier molecular flexibility index (Phi) is 5.32.